The van der Waals surface area contributed by atoms with E-state index in [0.29, 0.717) is 0 Å². The molecule has 0 bridgehead atoms. The van der Waals surface area contributed by atoms with E-state index in [-0.39, 0.29) is 21.5 Å². The molecule has 0 aliphatic heterocycles. The molecule has 0 saturated heterocycles. The van der Waals surface area contributed by atoms with Crippen molar-refractivity contribution in [1.29, 1.82) is 0 Å². The minimum Gasteiger partial charge on any atom is -0.480 e. The Balaban J connectivity index is 2.40. The molecule has 0 fully saturated rings. The third-order valence-corrected chi connectivity index (χ3v) is 4.20. The third kappa shape index (κ3) is 2.97. The number of sulfonamides is 1. The molecule has 1 aromatic carbocycles. The molecular formula is C12H11ClN2O3S. The van der Waals surface area contributed by atoms with Crippen molar-refractivity contribution in [2.45, 2.75) is 4.90 Å². The van der Waals surface area contributed by atoms with E-state index in [4.69, 9.17) is 16.3 Å². The summed E-state index contributed by atoms with van der Waals surface area (Å²) in [5.74, 6) is 0.193. The van der Waals surface area contributed by atoms with Gasteiger partial charge in [-0.15, -0.1) is 0 Å². The van der Waals surface area contributed by atoms with E-state index in [1.165, 1.54) is 25.4 Å². The summed E-state index contributed by atoms with van der Waals surface area (Å²) in [6, 6.07) is 9.35. The van der Waals surface area contributed by atoms with Crippen LogP contribution in [0.15, 0.2) is 47.5 Å². The number of rotatable bonds is 4. The van der Waals surface area contributed by atoms with E-state index in [1.54, 1.807) is 24.3 Å². The molecule has 0 radical (unpaired) electrons. The lowest BCUT2D eigenvalue weighted by Gasteiger charge is -2.11. The van der Waals surface area contributed by atoms with E-state index >= 15 is 0 Å². The second-order valence-electron chi connectivity index (χ2n) is 3.60. The van der Waals surface area contributed by atoms with Gasteiger partial charge < -0.3 is 4.74 Å². The van der Waals surface area contributed by atoms with Gasteiger partial charge in [-0.05, 0) is 24.3 Å². The second-order valence-corrected chi connectivity index (χ2v) is 5.65. The molecule has 0 aliphatic carbocycles. The first-order chi connectivity index (χ1) is 9.04. The number of methoxy groups -OCH3 is 1. The predicted molar refractivity (Wildman–Crippen MR) is 73.0 cm³/mol. The van der Waals surface area contributed by atoms with Crippen LogP contribution in [0, 0.1) is 0 Å². The smallest absolute Gasteiger partial charge is 0.263 e. The quantitative estimate of drug-likeness (QED) is 0.942. The van der Waals surface area contributed by atoms with Gasteiger partial charge in [-0.2, -0.15) is 0 Å². The minimum atomic E-state index is -3.78. The highest BCUT2D eigenvalue weighted by Gasteiger charge is 2.19. The zero-order valence-corrected chi connectivity index (χ0v) is 11.6. The molecule has 19 heavy (non-hydrogen) atoms. The summed E-state index contributed by atoms with van der Waals surface area (Å²) in [6.45, 7) is 0. The van der Waals surface area contributed by atoms with Crippen LogP contribution in [-0.2, 0) is 10.0 Å². The van der Waals surface area contributed by atoms with Gasteiger partial charge in [-0.3, -0.25) is 4.72 Å². The van der Waals surface area contributed by atoms with Gasteiger partial charge in [-0.25, -0.2) is 13.4 Å². The first kappa shape index (κ1) is 13.6. The molecule has 0 atom stereocenters. The number of aromatic nitrogens is 1. The molecular weight excluding hydrogens is 288 g/mol. The van der Waals surface area contributed by atoms with Crippen LogP contribution in [0.4, 0.5) is 5.69 Å². The number of benzene rings is 1. The van der Waals surface area contributed by atoms with Crippen molar-refractivity contribution < 1.29 is 13.2 Å². The summed E-state index contributed by atoms with van der Waals surface area (Å²) in [4.78, 5) is 3.92. The van der Waals surface area contributed by atoms with E-state index in [9.17, 15) is 8.42 Å². The molecule has 100 valence electrons. The van der Waals surface area contributed by atoms with Gasteiger partial charge >= 0.3 is 0 Å². The van der Waals surface area contributed by atoms with Crippen molar-refractivity contribution in [3.05, 3.63) is 47.6 Å². The molecule has 5 nitrogen and oxygen atoms in total. The Morgan fingerprint density at radius 2 is 1.95 bits per heavy atom. The topological polar surface area (TPSA) is 68.3 Å². The van der Waals surface area contributed by atoms with Crippen LogP contribution in [0.25, 0.3) is 0 Å². The summed E-state index contributed by atoms with van der Waals surface area (Å²) in [7, 11) is -2.37. The fourth-order valence-electron chi connectivity index (χ4n) is 1.49. The van der Waals surface area contributed by atoms with Crippen molar-refractivity contribution in [3.63, 3.8) is 0 Å². The summed E-state index contributed by atoms with van der Waals surface area (Å²) in [5.41, 5.74) is 0.255. The fourth-order valence-corrected chi connectivity index (χ4v) is 3.07. The Morgan fingerprint density at radius 3 is 2.63 bits per heavy atom. The number of nitrogens with zero attached hydrogens (tertiary/aromatic N) is 1. The number of pyridine rings is 1. The standard InChI is InChI=1S/C12H11ClN2O3S/c1-18-12-10(6-4-8-14-12)15-19(16,17)11-7-3-2-5-9(11)13/h2-8,15H,1H3. The van der Waals surface area contributed by atoms with E-state index < -0.39 is 10.0 Å². The zero-order valence-electron chi connectivity index (χ0n) is 10.00. The molecule has 0 amide bonds. The molecule has 1 N–H and O–H groups in total. The summed E-state index contributed by atoms with van der Waals surface area (Å²) in [6.07, 6.45) is 1.51. The van der Waals surface area contributed by atoms with Gasteiger partial charge in [0.2, 0.25) is 5.88 Å². The summed E-state index contributed by atoms with van der Waals surface area (Å²) >= 11 is 5.88. The number of nitrogens with one attached hydrogen (secondary N) is 1. The summed E-state index contributed by atoms with van der Waals surface area (Å²) in [5, 5.41) is 0.151. The fraction of sp³-hybridized carbons (Fsp3) is 0.0833. The van der Waals surface area contributed by atoms with Crippen LogP contribution in [0.3, 0.4) is 0 Å². The number of anilines is 1. The van der Waals surface area contributed by atoms with Crippen LogP contribution in [0.2, 0.25) is 5.02 Å². The van der Waals surface area contributed by atoms with Gasteiger partial charge in [0, 0.05) is 6.20 Å². The molecule has 0 saturated carbocycles. The molecule has 0 aliphatic rings. The van der Waals surface area contributed by atoms with Crippen LogP contribution in [0.1, 0.15) is 0 Å². The maximum atomic E-state index is 12.2. The maximum absolute atomic E-state index is 12.2. The average Bonchev–Trinajstić information content (AvgIpc) is 2.39. The van der Waals surface area contributed by atoms with Gasteiger partial charge in [0.05, 0.1) is 12.1 Å². The van der Waals surface area contributed by atoms with Gasteiger partial charge in [0.1, 0.15) is 10.6 Å². The maximum Gasteiger partial charge on any atom is 0.263 e. The molecule has 0 unspecified atom stereocenters. The van der Waals surface area contributed by atoms with Crippen molar-refractivity contribution in [3.8, 4) is 5.88 Å². The average molecular weight is 299 g/mol. The number of halogens is 1. The Labute approximate surface area is 116 Å². The highest BCUT2D eigenvalue weighted by atomic mass is 35.5. The summed E-state index contributed by atoms with van der Waals surface area (Å²) < 4.78 is 31.8. The molecule has 2 rings (SSSR count). The van der Waals surface area contributed by atoms with E-state index in [0.717, 1.165) is 0 Å². The molecule has 2 aromatic rings. The molecule has 1 heterocycles. The first-order valence-electron chi connectivity index (χ1n) is 5.31. The van der Waals surface area contributed by atoms with Crippen molar-refractivity contribution in [1.82, 2.24) is 4.98 Å². The van der Waals surface area contributed by atoms with Crippen molar-refractivity contribution >= 4 is 27.3 Å². The van der Waals surface area contributed by atoms with Crippen molar-refractivity contribution in [2.75, 3.05) is 11.8 Å². The van der Waals surface area contributed by atoms with Gasteiger partial charge in [-0.1, -0.05) is 23.7 Å². The Bertz CT molecular complexity index is 689. The Morgan fingerprint density at radius 1 is 1.21 bits per heavy atom. The third-order valence-electron chi connectivity index (χ3n) is 2.33. The van der Waals surface area contributed by atoms with Crippen LogP contribution < -0.4 is 9.46 Å². The molecule has 7 heteroatoms. The van der Waals surface area contributed by atoms with Gasteiger partial charge in [0.25, 0.3) is 10.0 Å². The lowest BCUT2D eigenvalue weighted by atomic mass is 10.4. The van der Waals surface area contributed by atoms with E-state index in [2.05, 4.69) is 9.71 Å². The zero-order chi connectivity index (χ0) is 13.9. The highest BCUT2D eigenvalue weighted by Crippen LogP contribution is 2.26. The van der Waals surface area contributed by atoms with Crippen LogP contribution in [-0.4, -0.2) is 20.5 Å². The molecule has 1 aromatic heterocycles. The Kier molecular flexibility index (Phi) is 3.92. The van der Waals surface area contributed by atoms with E-state index in [1.807, 2.05) is 0 Å². The van der Waals surface area contributed by atoms with Crippen LogP contribution >= 0.6 is 11.6 Å². The first-order valence-corrected chi connectivity index (χ1v) is 7.17. The highest BCUT2D eigenvalue weighted by molar-refractivity contribution is 7.92. The number of ether oxygens (including phenoxy) is 1. The minimum absolute atomic E-state index is 0.00238. The lowest BCUT2D eigenvalue weighted by Crippen LogP contribution is -2.14. The predicted octanol–water partition coefficient (Wildman–Crippen LogP) is 2.54. The largest absolute Gasteiger partial charge is 0.480 e. The van der Waals surface area contributed by atoms with Crippen LogP contribution in [0.5, 0.6) is 5.88 Å². The monoisotopic (exact) mass is 298 g/mol. The van der Waals surface area contributed by atoms with Gasteiger partial charge in [0.15, 0.2) is 0 Å². The molecule has 0 spiro atoms. The Hall–Kier alpha value is -1.79. The second kappa shape index (κ2) is 5.46. The number of hydrogen-bond donors (Lipinski definition) is 1. The lowest BCUT2D eigenvalue weighted by molar-refractivity contribution is 0.400. The normalized spacial score (nSPS) is 11.1. The number of hydrogen-bond acceptors (Lipinski definition) is 4. The SMILES string of the molecule is COc1ncccc1NS(=O)(=O)c1ccccc1Cl. The van der Waals surface area contributed by atoms with Crippen molar-refractivity contribution in [2.24, 2.45) is 0 Å².